The zero-order chi connectivity index (χ0) is 16.5. The van der Waals surface area contributed by atoms with Crippen LogP contribution in [0.4, 0.5) is 26.3 Å². The van der Waals surface area contributed by atoms with E-state index in [4.69, 9.17) is 0 Å². The summed E-state index contributed by atoms with van der Waals surface area (Å²) in [5, 5.41) is 9.39. The quantitative estimate of drug-likeness (QED) is 0.492. The van der Waals surface area contributed by atoms with Crippen LogP contribution in [0.1, 0.15) is 25.7 Å². The first kappa shape index (κ1) is 17.8. The molecular weight excluding hydrogens is 306 g/mol. The monoisotopic (exact) mass is 320 g/mol. The normalized spacial score (nSPS) is 19.4. The number of hydrogen-bond donors (Lipinski definition) is 1. The van der Waals surface area contributed by atoms with Gasteiger partial charge in [0.2, 0.25) is 0 Å². The van der Waals surface area contributed by atoms with Gasteiger partial charge in [-0.15, -0.1) is 0 Å². The lowest BCUT2D eigenvalue weighted by Crippen LogP contribution is -2.66. The highest BCUT2D eigenvalue weighted by molar-refractivity contribution is 5.81. The van der Waals surface area contributed by atoms with Gasteiger partial charge in [-0.25, -0.2) is 4.79 Å². The van der Waals surface area contributed by atoms with E-state index >= 15 is 0 Å². The van der Waals surface area contributed by atoms with Gasteiger partial charge in [0.15, 0.2) is 6.10 Å². The molecule has 1 rings (SSSR count). The van der Waals surface area contributed by atoms with Crippen molar-refractivity contribution in [2.75, 3.05) is 0 Å². The van der Waals surface area contributed by atoms with Crippen molar-refractivity contribution >= 4 is 5.97 Å². The summed E-state index contributed by atoms with van der Waals surface area (Å²) in [5.74, 6) is -2.67. The van der Waals surface area contributed by atoms with Crippen LogP contribution in [0.5, 0.6) is 0 Å². The van der Waals surface area contributed by atoms with E-state index in [0.29, 0.717) is 18.9 Å². The first-order valence-electron chi connectivity index (χ1n) is 6.14. The summed E-state index contributed by atoms with van der Waals surface area (Å²) >= 11 is 0. The Kier molecular flexibility index (Phi) is 4.97. The summed E-state index contributed by atoms with van der Waals surface area (Å²) < 4.78 is 81.5. The minimum absolute atomic E-state index is 0.00353. The average molecular weight is 320 g/mol. The number of carbonyl (C=O) groups excluding carboxylic acids is 1. The lowest BCUT2D eigenvalue weighted by Gasteiger charge is -2.40. The molecule has 1 aliphatic rings. The Morgan fingerprint density at radius 2 is 1.57 bits per heavy atom. The van der Waals surface area contributed by atoms with E-state index in [1.165, 1.54) is 0 Å². The van der Waals surface area contributed by atoms with Crippen molar-refractivity contribution in [1.29, 1.82) is 0 Å². The van der Waals surface area contributed by atoms with E-state index in [2.05, 4.69) is 11.3 Å². The highest BCUT2D eigenvalue weighted by atomic mass is 19.4. The Labute approximate surface area is 116 Å². The molecule has 0 aromatic heterocycles. The molecule has 3 nitrogen and oxygen atoms in total. The number of aliphatic hydroxyl groups is 1. The molecule has 1 atom stereocenters. The van der Waals surface area contributed by atoms with Crippen LogP contribution >= 0.6 is 0 Å². The van der Waals surface area contributed by atoms with Gasteiger partial charge in [0.1, 0.15) is 0 Å². The van der Waals surface area contributed by atoms with Crippen LogP contribution in [-0.2, 0) is 9.53 Å². The first-order chi connectivity index (χ1) is 9.45. The van der Waals surface area contributed by atoms with E-state index in [1.54, 1.807) is 0 Å². The maximum Gasteiger partial charge on any atom is 0.430 e. The number of halogens is 6. The van der Waals surface area contributed by atoms with Crippen LogP contribution in [0.25, 0.3) is 0 Å². The predicted molar refractivity (Wildman–Crippen MR) is 59.1 cm³/mol. The molecule has 0 radical (unpaired) electrons. The number of rotatable bonds is 4. The third-order valence-electron chi connectivity index (χ3n) is 3.51. The Morgan fingerprint density at radius 1 is 1.14 bits per heavy atom. The van der Waals surface area contributed by atoms with Gasteiger partial charge in [-0.1, -0.05) is 19.4 Å². The highest BCUT2D eigenvalue weighted by Crippen LogP contribution is 2.50. The summed E-state index contributed by atoms with van der Waals surface area (Å²) in [6, 6.07) is 0. The summed E-state index contributed by atoms with van der Waals surface area (Å²) in [6.07, 6.45) is -13.5. The van der Waals surface area contributed by atoms with Crippen molar-refractivity contribution < 1.29 is 41.0 Å². The molecule has 0 bridgehead atoms. The second-order valence-corrected chi connectivity index (χ2v) is 4.87. The molecule has 9 heteroatoms. The number of carbonyl (C=O) groups is 1. The largest absolute Gasteiger partial charge is 0.455 e. The van der Waals surface area contributed by atoms with Crippen molar-refractivity contribution in [3.8, 4) is 0 Å². The van der Waals surface area contributed by atoms with Crippen molar-refractivity contribution in [1.82, 2.24) is 0 Å². The van der Waals surface area contributed by atoms with E-state index in [9.17, 15) is 36.2 Å². The number of alkyl halides is 6. The molecule has 0 spiro atoms. The maximum atomic E-state index is 12.9. The summed E-state index contributed by atoms with van der Waals surface area (Å²) in [7, 11) is 0. The molecule has 1 unspecified atom stereocenters. The fourth-order valence-electron chi connectivity index (χ4n) is 2.44. The van der Waals surface area contributed by atoms with Crippen LogP contribution < -0.4 is 0 Å². The van der Waals surface area contributed by atoms with E-state index < -0.39 is 35.9 Å². The summed E-state index contributed by atoms with van der Waals surface area (Å²) in [5.41, 5.74) is -5.10. The molecular formula is C12H14F6O3. The van der Waals surface area contributed by atoms with Crippen LogP contribution in [-0.4, -0.2) is 35.1 Å². The Balaban J connectivity index is 3.29. The third-order valence-corrected chi connectivity index (χ3v) is 3.51. The fraction of sp³-hybridized carbons (Fsp3) is 0.750. The number of hydrogen-bond acceptors (Lipinski definition) is 3. The standard InChI is InChI=1S/C12H14F6O3/c1-2-8(19)21-9(7-5-3-4-6-7)10(20,11(13,14)15)12(16,17)18/h2,7,9,20H,1,3-6H2. The lowest BCUT2D eigenvalue weighted by molar-refractivity contribution is -0.395. The van der Waals surface area contributed by atoms with Crippen molar-refractivity contribution in [2.45, 2.75) is 49.7 Å². The molecule has 1 aliphatic carbocycles. The van der Waals surface area contributed by atoms with Crippen LogP contribution in [0.3, 0.4) is 0 Å². The maximum absolute atomic E-state index is 12.9. The molecule has 1 saturated carbocycles. The predicted octanol–water partition coefficient (Wildman–Crippen LogP) is 3.13. The van der Waals surface area contributed by atoms with Gasteiger partial charge in [0, 0.05) is 6.08 Å². The van der Waals surface area contributed by atoms with Gasteiger partial charge >= 0.3 is 18.3 Å². The summed E-state index contributed by atoms with van der Waals surface area (Å²) in [4.78, 5) is 11.1. The molecule has 0 aromatic carbocycles. The van der Waals surface area contributed by atoms with Crippen LogP contribution in [0.15, 0.2) is 12.7 Å². The Hall–Kier alpha value is -1.25. The number of esters is 1. The first-order valence-corrected chi connectivity index (χ1v) is 6.14. The van der Waals surface area contributed by atoms with E-state index in [-0.39, 0.29) is 12.8 Å². The average Bonchev–Trinajstić information content (AvgIpc) is 2.85. The summed E-state index contributed by atoms with van der Waals surface area (Å²) in [6.45, 7) is 2.93. The lowest BCUT2D eigenvalue weighted by atomic mass is 9.84. The number of ether oxygens (including phenoxy) is 1. The molecule has 1 fully saturated rings. The zero-order valence-corrected chi connectivity index (χ0v) is 10.8. The Morgan fingerprint density at radius 3 is 1.90 bits per heavy atom. The van der Waals surface area contributed by atoms with Crippen molar-refractivity contribution in [2.24, 2.45) is 5.92 Å². The van der Waals surface area contributed by atoms with Gasteiger partial charge in [-0.2, -0.15) is 26.3 Å². The topological polar surface area (TPSA) is 46.5 Å². The zero-order valence-electron chi connectivity index (χ0n) is 10.8. The fourth-order valence-corrected chi connectivity index (χ4v) is 2.44. The van der Waals surface area contributed by atoms with Gasteiger partial charge in [0.25, 0.3) is 5.60 Å². The Bertz CT molecular complexity index is 381. The van der Waals surface area contributed by atoms with Crippen molar-refractivity contribution in [3.63, 3.8) is 0 Å². The molecule has 122 valence electrons. The second kappa shape index (κ2) is 5.86. The van der Waals surface area contributed by atoms with Gasteiger partial charge in [-0.05, 0) is 18.8 Å². The third kappa shape index (κ3) is 3.33. The molecule has 0 saturated heterocycles. The van der Waals surface area contributed by atoms with Crippen LogP contribution in [0.2, 0.25) is 0 Å². The van der Waals surface area contributed by atoms with Gasteiger partial charge in [-0.3, -0.25) is 0 Å². The SMILES string of the molecule is C=CC(=O)OC(C1CCCC1)C(O)(C(F)(F)F)C(F)(F)F. The van der Waals surface area contributed by atoms with Gasteiger partial charge in [0.05, 0.1) is 0 Å². The smallest absolute Gasteiger partial charge is 0.430 e. The minimum atomic E-state index is -6.03. The van der Waals surface area contributed by atoms with Gasteiger partial charge < -0.3 is 9.84 Å². The minimum Gasteiger partial charge on any atom is -0.455 e. The molecule has 1 N–H and O–H groups in total. The van der Waals surface area contributed by atoms with Crippen molar-refractivity contribution in [3.05, 3.63) is 12.7 Å². The van der Waals surface area contributed by atoms with E-state index in [1.807, 2.05) is 0 Å². The molecule has 0 aliphatic heterocycles. The molecule has 0 heterocycles. The second-order valence-electron chi connectivity index (χ2n) is 4.87. The molecule has 0 aromatic rings. The van der Waals surface area contributed by atoms with Crippen LogP contribution in [0, 0.1) is 5.92 Å². The molecule has 21 heavy (non-hydrogen) atoms. The highest BCUT2D eigenvalue weighted by Gasteiger charge is 2.76. The van der Waals surface area contributed by atoms with E-state index in [0.717, 1.165) is 0 Å². The molecule has 0 amide bonds.